The Kier molecular flexibility index (Phi) is 4.52. The lowest BCUT2D eigenvalue weighted by Gasteiger charge is -2.33. The number of phenolic OH excluding ortho intramolecular Hbond substituents is 1. The lowest BCUT2D eigenvalue weighted by Crippen LogP contribution is -2.47. The number of ether oxygens (including phenoxy) is 1. The molecule has 0 amide bonds. The highest BCUT2D eigenvalue weighted by Crippen LogP contribution is 2.25. The van der Waals surface area contributed by atoms with E-state index in [9.17, 15) is 13.5 Å². The number of aromatic hydroxyl groups is 1. The summed E-state index contributed by atoms with van der Waals surface area (Å²) < 4.78 is 29.4. The van der Waals surface area contributed by atoms with E-state index in [4.69, 9.17) is 4.74 Å². The highest BCUT2D eigenvalue weighted by atomic mass is 32.2. The van der Waals surface area contributed by atoms with E-state index < -0.39 is 10.0 Å². The smallest absolute Gasteiger partial charge is 0.211 e. The van der Waals surface area contributed by atoms with Gasteiger partial charge in [-0.25, -0.2) is 8.42 Å². The van der Waals surface area contributed by atoms with Gasteiger partial charge in [-0.15, -0.1) is 0 Å². The Morgan fingerprint density at radius 2 is 1.90 bits per heavy atom. The molecule has 2 rings (SSSR count). The van der Waals surface area contributed by atoms with Gasteiger partial charge in [0.15, 0.2) is 0 Å². The van der Waals surface area contributed by atoms with Crippen molar-refractivity contribution < 1.29 is 18.3 Å². The number of rotatable bonds is 4. The molecular weight excluding hydrogens is 280 g/mol. The molecule has 0 bridgehead atoms. The molecular formula is C13H20N2O4S. The second-order valence-electron chi connectivity index (χ2n) is 4.93. The van der Waals surface area contributed by atoms with E-state index >= 15 is 0 Å². The van der Waals surface area contributed by atoms with Crippen LogP contribution >= 0.6 is 0 Å². The number of hydrogen-bond donors (Lipinski definition) is 1. The number of hydrogen-bond acceptors (Lipinski definition) is 5. The van der Waals surface area contributed by atoms with Gasteiger partial charge in [0.2, 0.25) is 10.0 Å². The third kappa shape index (κ3) is 3.62. The van der Waals surface area contributed by atoms with E-state index in [1.165, 1.54) is 10.6 Å². The number of methoxy groups -OCH3 is 1. The number of benzene rings is 1. The van der Waals surface area contributed by atoms with E-state index in [0.29, 0.717) is 38.5 Å². The van der Waals surface area contributed by atoms with Crippen LogP contribution in [0.3, 0.4) is 0 Å². The summed E-state index contributed by atoms with van der Waals surface area (Å²) in [5.41, 5.74) is 0.818. The Hall–Kier alpha value is -1.31. The molecule has 0 radical (unpaired) electrons. The lowest BCUT2D eigenvalue weighted by molar-refractivity contribution is 0.180. The summed E-state index contributed by atoms with van der Waals surface area (Å²) in [5.74, 6) is 0.822. The molecule has 1 saturated heterocycles. The first kappa shape index (κ1) is 15.1. The van der Waals surface area contributed by atoms with Crippen LogP contribution in [0, 0.1) is 0 Å². The molecule has 0 aromatic heterocycles. The van der Waals surface area contributed by atoms with Crippen LogP contribution in [0.2, 0.25) is 0 Å². The van der Waals surface area contributed by atoms with Crippen LogP contribution in [-0.2, 0) is 16.6 Å². The van der Waals surface area contributed by atoms with Gasteiger partial charge in [0.25, 0.3) is 0 Å². The molecule has 6 nitrogen and oxygen atoms in total. The molecule has 0 unspecified atom stereocenters. The molecule has 1 heterocycles. The van der Waals surface area contributed by atoms with Gasteiger partial charge in [0.05, 0.1) is 13.4 Å². The van der Waals surface area contributed by atoms with Gasteiger partial charge in [0, 0.05) is 44.4 Å². The predicted octanol–water partition coefficient (Wildman–Crippen LogP) is 0.478. The molecule has 0 saturated carbocycles. The first-order valence-electron chi connectivity index (χ1n) is 6.43. The molecule has 0 aliphatic carbocycles. The van der Waals surface area contributed by atoms with Crippen molar-refractivity contribution in [3.63, 3.8) is 0 Å². The SMILES string of the molecule is COc1ccc(CN2CCN(S(C)(=O)=O)CC2)c(O)c1. The zero-order valence-corrected chi connectivity index (χ0v) is 12.6. The first-order valence-corrected chi connectivity index (χ1v) is 8.28. The summed E-state index contributed by atoms with van der Waals surface area (Å²) in [7, 11) is -1.54. The van der Waals surface area contributed by atoms with E-state index in [-0.39, 0.29) is 5.75 Å². The fourth-order valence-electron chi connectivity index (χ4n) is 2.26. The van der Waals surface area contributed by atoms with E-state index in [2.05, 4.69) is 4.90 Å². The summed E-state index contributed by atoms with van der Waals surface area (Å²) in [4.78, 5) is 2.13. The fourth-order valence-corrected chi connectivity index (χ4v) is 3.09. The van der Waals surface area contributed by atoms with Crippen LogP contribution < -0.4 is 4.74 Å². The fraction of sp³-hybridized carbons (Fsp3) is 0.538. The Labute approximate surface area is 119 Å². The van der Waals surface area contributed by atoms with E-state index in [1.54, 1.807) is 13.2 Å². The third-order valence-corrected chi connectivity index (χ3v) is 4.79. The third-order valence-electron chi connectivity index (χ3n) is 3.49. The number of piperazine rings is 1. The van der Waals surface area contributed by atoms with Crippen LogP contribution in [0.4, 0.5) is 0 Å². The first-order chi connectivity index (χ1) is 9.40. The minimum absolute atomic E-state index is 0.204. The highest BCUT2D eigenvalue weighted by Gasteiger charge is 2.23. The number of phenols is 1. The molecule has 7 heteroatoms. The van der Waals surface area contributed by atoms with Crippen molar-refractivity contribution in [3.8, 4) is 11.5 Å². The van der Waals surface area contributed by atoms with Crippen molar-refractivity contribution in [2.75, 3.05) is 39.5 Å². The molecule has 20 heavy (non-hydrogen) atoms. The Morgan fingerprint density at radius 3 is 2.40 bits per heavy atom. The van der Waals surface area contributed by atoms with Crippen molar-refractivity contribution in [2.45, 2.75) is 6.54 Å². The Bertz CT molecular complexity index is 566. The molecule has 1 aliphatic rings. The van der Waals surface area contributed by atoms with Gasteiger partial charge < -0.3 is 9.84 Å². The summed E-state index contributed by atoms with van der Waals surface area (Å²) in [6.07, 6.45) is 1.23. The Balaban J connectivity index is 1.96. The average Bonchev–Trinajstić information content (AvgIpc) is 2.40. The van der Waals surface area contributed by atoms with Gasteiger partial charge in [-0.05, 0) is 6.07 Å². The van der Waals surface area contributed by atoms with Crippen LogP contribution in [0.15, 0.2) is 18.2 Å². The van der Waals surface area contributed by atoms with Gasteiger partial charge >= 0.3 is 0 Å². The van der Waals surface area contributed by atoms with Crippen molar-refractivity contribution in [1.29, 1.82) is 0 Å². The molecule has 1 aromatic carbocycles. The Morgan fingerprint density at radius 1 is 1.25 bits per heavy atom. The highest BCUT2D eigenvalue weighted by molar-refractivity contribution is 7.88. The summed E-state index contributed by atoms with van der Waals surface area (Å²) in [6, 6.07) is 5.22. The molecule has 1 fully saturated rings. The second-order valence-corrected chi connectivity index (χ2v) is 6.92. The standard InChI is InChI=1S/C13H20N2O4S/c1-19-12-4-3-11(13(16)9-12)10-14-5-7-15(8-6-14)20(2,17)18/h3-4,9,16H,5-8,10H2,1-2H3. The minimum Gasteiger partial charge on any atom is -0.507 e. The number of sulfonamides is 1. The average molecular weight is 300 g/mol. The molecule has 1 aliphatic heterocycles. The van der Waals surface area contributed by atoms with E-state index in [1.807, 2.05) is 12.1 Å². The second kappa shape index (κ2) is 5.99. The molecule has 1 aromatic rings. The monoisotopic (exact) mass is 300 g/mol. The maximum Gasteiger partial charge on any atom is 0.211 e. The van der Waals surface area contributed by atoms with Gasteiger partial charge in [-0.2, -0.15) is 4.31 Å². The largest absolute Gasteiger partial charge is 0.507 e. The van der Waals surface area contributed by atoms with Crippen molar-refractivity contribution in [1.82, 2.24) is 9.21 Å². The molecule has 0 atom stereocenters. The predicted molar refractivity (Wildman–Crippen MR) is 76.4 cm³/mol. The molecule has 112 valence electrons. The van der Waals surface area contributed by atoms with Crippen LogP contribution in [-0.4, -0.2) is 62.3 Å². The normalized spacial score (nSPS) is 18.1. The summed E-state index contributed by atoms with van der Waals surface area (Å²) >= 11 is 0. The van der Waals surface area contributed by atoms with Crippen LogP contribution in [0.5, 0.6) is 11.5 Å². The maximum atomic E-state index is 11.4. The van der Waals surface area contributed by atoms with Crippen molar-refractivity contribution >= 4 is 10.0 Å². The summed E-state index contributed by atoms with van der Waals surface area (Å²) in [6.45, 7) is 2.93. The van der Waals surface area contributed by atoms with E-state index in [0.717, 1.165) is 5.56 Å². The lowest BCUT2D eigenvalue weighted by atomic mass is 10.1. The maximum absolute atomic E-state index is 11.4. The van der Waals surface area contributed by atoms with Crippen LogP contribution in [0.25, 0.3) is 0 Å². The zero-order chi connectivity index (χ0) is 14.8. The van der Waals surface area contributed by atoms with Gasteiger partial charge in [-0.3, -0.25) is 4.90 Å². The topological polar surface area (TPSA) is 70.1 Å². The number of nitrogens with zero attached hydrogens (tertiary/aromatic N) is 2. The van der Waals surface area contributed by atoms with Crippen molar-refractivity contribution in [3.05, 3.63) is 23.8 Å². The molecule has 0 spiro atoms. The zero-order valence-electron chi connectivity index (χ0n) is 11.7. The minimum atomic E-state index is -3.10. The summed E-state index contributed by atoms with van der Waals surface area (Å²) in [5, 5.41) is 9.92. The van der Waals surface area contributed by atoms with Gasteiger partial charge in [-0.1, -0.05) is 6.07 Å². The van der Waals surface area contributed by atoms with Crippen molar-refractivity contribution in [2.24, 2.45) is 0 Å². The van der Waals surface area contributed by atoms with Crippen LogP contribution in [0.1, 0.15) is 5.56 Å². The molecule has 1 N–H and O–H groups in total. The van der Waals surface area contributed by atoms with Gasteiger partial charge in [0.1, 0.15) is 11.5 Å². The quantitative estimate of drug-likeness (QED) is 0.876.